The summed E-state index contributed by atoms with van der Waals surface area (Å²) in [6, 6.07) is 4.00. The molecule has 0 bridgehead atoms. The summed E-state index contributed by atoms with van der Waals surface area (Å²) in [5.74, 6) is 0.0108. The van der Waals surface area contributed by atoms with Crippen LogP contribution >= 0.6 is 11.6 Å². The first kappa shape index (κ1) is 19.5. The van der Waals surface area contributed by atoms with Gasteiger partial charge in [-0.15, -0.1) is 0 Å². The molecule has 1 aromatic carbocycles. The number of halogens is 1. The lowest BCUT2D eigenvalue weighted by molar-refractivity contribution is -0.116. The normalized spacial score (nSPS) is 17.6. The third kappa shape index (κ3) is 5.33. The zero-order valence-electron chi connectivity index (χ0n) is 14.1. The van der Waals surface area contributed by atoms with Crippen LogP contribution in [-0.4, -0.2) is 38.4 Å². The number of carbonyl (C=O) groups excluding carboxylic acids is 1. The van der Waals surface area contributed by atoms with E-state index in [9.17, 15) is 13.2 Å². The van der Waals surface area contributed by atoms with Crippen molar-refractivity contribution in [1.82, 2.24) is 9.62 Å². The lowest BCUT2D eigenvalue weighted by Gasteiger charge is -2.15. The summed E-state index contributed by atoms with van der Waals surface area (Å²) in [4.78, 5) is 13.3. The molecule has 1 aromatic rings. The number of nitriles is 1. The molecule has 9 heteroatoms. The molecule has 7 nitrogen and oxygen atoms in total. The van der Waals surface area contributed by atoms with Gasteiger partial charge in [-0.2, -0.15) is 5.26 Å². The summed E-state index contributed by atoms with van der Waals surface area (Å²) in [5, 5.41) is 11.6. The maximum Gasteiger partial charge on any atom is 0.242 e. The van der Waals surface area contributed by atoms with Crippen molar-refractivity contribution in [2.75, 3.05) is 18.4 Å². The van der Waals surface area contributed by atoms with Crippen LogP contribution in [0.4, 0.5) is 5.69 Å². The molecule has 2 rings (SSSR count). The van der Waals surface area contributed by atoms with Gasteiger partial charge in [0.2, 0.25) is 15.9 Å². The Balaban J connectivity index is 2.15. The van der Waals surface area contributed by atoms with Crippen molar-refractivity contribution in [3.63, 3.8) is 0 Å². The van der Waals surface area contributed by atoms with E-state index in [4.69, 9.17) is 16.9 Å². The van der Waals surface area contributed by atoms with Crippen LogP contribution in [0.25, 0.3) is 0 Å². The molecule has 1 saturated heterocycles. The molecule has 0 saturated carbocycles. The fraction of sp³-hybridized carbons (Fsp3) is 0.500. The number of sulfonamides is 1. The van der Waals surface area contributed by atoms with Gasteiger partial charge >= 0.3 is 0 Å². The average molecular weight is 385 g/mol. The summed E-state index contributed by atoms with van der Waals surface area (Å²) in [7, 11) is -3.86. The van der Waals surface area contributed by atoms with Gasteiger partial charge in [0, 0.05) is 31.2 Å². The summed E-state index contributed by atoms with van der Waals surface area (Å²) in [6.07, 6.45) is 2.90. The Labute approximate surface area is 153 Å². The molecule has 1 heterocycles. The van der Waals surface area contributed by atoms with E-state index >= 15 is 0 Å². The highest BCUT2D eigenvalue weighted by atomic mass is 35.5. The predicted molar refractivity (Wildman–Crippen MR) is 95.4 cm³/mol. The van der Waals surface area contributed by atoms with E-state index in [0.717, 1.165) is 0 Å². The number of rotatable bonds is 6. The van der Waals surface area contributed by atoms with Crippen molar-refractivity contribution in [2.45, 2.75) is 37.6 Å². The van der Waals surface area contributed by atoms with Crippen LogP contribution in [0.2, 0.25) is 5.02 Å². The second kappa shape index (κ2) is 8.04. The molecule has 1 aliphatic rings. The lowest BCUT2D eigenvalue weighted by atomic mass is 10.1. The first-order chi connectivity index (χ1) is 11.7. The number of anilines is 1. The van der Waals surface area contributed by atoms with Crippen LogP contribution in [0.1, 0.15) is 26.7 Å². The van der Waals surface area contributed by atoms with Crippen molar-refractivity contribution >= 4 is 33.2 Å². The molecule has 0 spiro atoms. The van der Waals surface area contributed by atoms with Crippen LogP contribution in [0, 0.1) is 17.4 Å². The molecule has 25 heavy (non-hydrogen) atoms. The Morgan fingerprint density at radius 3 is 2.80 bits per heavy atom. The third-order valence-corrected chi connectivity index (χ3v) is 5.75. The van der Waals surface area contributed by atoms with Gasteiger partial charge in [-0.05, 0) is 30.5 Å². The fourth-order valence-electron chi connectivity index (χ4n) is 2.60. The number of nitrogens with one attached hydrogen (secondary N) is 2. The number of carbonyl (C=O) groups is 1. The Kier molecular flexibility index (Phi) is 6.27. The van der Waals surface area contributed by atoms with Gasteiger partial charge in [-0.3, -0.25) is 4.79 Å². The summed E-state index contributed by atoms with van der Waals surface area (Å²) >= 11 is 6.05. The zero-order chi connectivity index (χ0) is 18.6. The number of hydrogen-bond acceptors (Lipinski definition) is 5. The molecule has 0 radical (unpaired) electrons. The van der Waals surface area contributed by atoms with Gasteiger partial charge in [-0.25, -0.2) is 13.1 Å². The van der Waals surface area contributed by atoms with E-state index in [-0.39, 0.29) is 27.8 Å². The van der Waals surface area contributed by atoms with Crippen molar-refractivity contribution in [1.29, 1.82) is 5.26 Å². The van der Waals surface area contributed by atoms with E-state index in [1.54, 1.807) is 6.07 Å². The molecular weight excluding hydrogens is 364 g/mol. The highest BCUT2D eigenvalue weighted by Crippen LogP contribution is 2.26. The summed E-state index contributed by atoms with van der Waals surface area (Å²) in [5.41, 5.74) is 0.375. The third-order valence-electron chi connectivity index (χ3n) is 3.75. The Morgan fingerprint density at radius 1 is 1.48 bits per heavy atom. The molecule has 2 N–H and O–H groups in total. The molecule has 136 valence electrons. The van der Waals surface area contributed by atoms with Crippen LogP contribution in [0.5, 0.6) is 0 Å². The highest BCUT2D eigenvalue weighted by molar-refractivity contribution is 7.89. The van der Waals surface area contributed by atoms with Gasteiger partial charge in [0.25, 0.3) is 0 Å². The number of nitrogens with zero attached hydrogens (tertiary/aromatic N) is 2. The minimum Gasteiger partial charge on any atom is -0.326 e. The molecule has 1 amide bonds. The van der Waals surface area contributed by atoms with Gasteiger partial charge in [0.1, 0.15) is 4.90 Å². The molecule has 0 aliphatic carbocycles. The maximum atomic E-state index is 12.6. The first-order valence-electron chi connectivity index (χ1n) is 7.97. The number of likely N-dealkylation sites (tertiary alicyclic amines) is 1. The zero-order valence-corrected chi connectivity index (χ0v) is 15.7. The lowest BCUT2D eigenvalue weighted by Crippen LogP contribution is -2.36. The topological polar surface area (TPSA) is 102 Å². The number of hydrogen-bond donors (Lipinski definition) is 2. The molecule has 1 atom stereocenters. The van der Waals surface area contributed by atoms with Crippen LogP contribution in [0.15, 0.2) is 23.1 Å². The fourth-order valence-corrected chi connectivity index (χ4v) is 4.39. The largest absolute Gasteiger partial charge is 0.326 e. The summed E-state index contributed by atoms with van der Waals surface area (Å²) in [6.45, 7) is 4.70. The predicted octanol–water partition coefficient (Wildman–Crippen LogP) is 2.16. The Morgan fingerprint density at radius 2 is 2.20 bits per heavy atom. The number of amides is 1. The smallest absolute Gasteiger partial charge is 0.242 e. The van der Waals surface area contributed by atoms with E-state index < -0.39 is 10.0 Å². The number of benzene rings is 1. The van der Waals surface area contributed by atoms with Crippen molar-refractivity contribution in [3.05, 3.63) is 23.2 Å². The molecular formula is C16H21ClN4O3S. The molecule has 0 unspecified atom stereocenters. The van der Waals surface area contributed by atoms with E-state index in [0.29, 0.717) is 31.6 Å². The Bertz CT molecular complexity index is 789. The monoisotopic (exact) mass is 384 g/mol. The molecule has 1 aliphatic heterocycles. The second-order valence-electron chi connectivity index (χ2n) is 6.44. The first-order valence-corrected chi connectivity index (χ1v) is 9.84. The van der Waals surface area contributed by atoms with Crippen LogP contribution in [-0.2, 0) is 14.8 Å². The van der Waals surface area contributed by atoms with Gasteiger partial charge in [-0.1, -0.05) is 25.4 Å². The average Bonchev–Trinajstić information content (AvgIpc) is 2.95. The van der Waals surface area contributed by atoms with E-state index in [2.05, 4.69) is 10.0 Å². The second-order valence-corrected chi connectivity index (χ2v) is 8.53. The quantitative estimate of drug-likeness (QED) is 0.731. The Hall–Kier alpha value is -1.82. The van der Waals surface area contributed by atoms with Gasteiger partial charge in [0.15, 0.2) is 6.19 Å². The van der Waals surface area contributed by atoms with Gasteiger partial charge in [0.05, 0.1) is 5.02 Å². The highest BCUT2D eigenvalue weighted by Gasteiger charge is 2.28. The maximum absolute atomic E-state index is 12.6. The van der Waals surface area contributed by atoms with Crippen LogP contribution < -0.4 is 10.0 Å². The van der Waals surface area contributed by atoms with E-state index in [1.165, 1.54) is 17.0 Å². The minimum atomic E-state index is -3.86. The van der Waals surface area contributed by atoms with Crippen molar-refractivity contribution < 1.29 is 13.2 Å². The van der Waals surface area contributed by atoms with E-state index in [1.807, 2.05) is 20.0 Å². The summed E-state index contributed by atoms with van der Waals surface area (Å²) < 4.78 is 27.8. The van der Waals surface area contributed by atoms with Gasteiger partial charge < -0.3 is 10.2 Å². The minimum absolute atomic E-state index is 0.0736. The molecule has 1 fully saturated rings. The SMILES string of the molecule is CC(C)CC(=O)Nc1ccc(Cl)c(S(=O)(=O)N[C@@H]2CCN(C#N)C2)c1. The van der Waals surface area contributed by atoms with Crippen molar-refractivity contribution in [3.8, 4) is 6.19 Å². The molecule has 0 aromatic heterocycles. The van der Waals surface area contributed by atoms with Crippen LogP contribution in [0.3, 0.4) is 0 Å². The van der Waals surface area contributed by atoms with Crippen molar-refractivity contribution in [2.24, 2.45) is 5.92 Å². The standard InChI is InChI=1S/C16H21ClN4O3S/c1-11(2)7-16(22)19-12-3-4-14(17)15(8-12)25(23,24)20-13-5-6-21(9-13)10-18/h3-4,8,11,13,20H,5-7,9H2,1-2H3,(H,19,22)/t13-/m1/s1.